The SMILES string of the molecule is CCN1CCN(C2(CN)CCC(C(C)(C)CC)CC2)CC1. The van der Waals surface area contributed by atoms with Gasteiger partial charge in [0.15, 0.2) is 0 Å². The highest BCUT2D eigenvalue weighted by atomic mass is 15.3. The van der Waals surface area contributed by atoms with E-state index < -0.39 is 0 Å². The molecule has 0 aromatic rings. The molecule has 0 unspecified atom stereocenters. The van der Waals surface area contributed by atoms with Gasteiger partial charge in [0.05, 0.1) is 0 Å². The Kier molecular flexibility index (Phi) is 5.72. The summed E-state index contributed by atoms with van der Waals surface area (Å²) in [4.78, 5) is 5.29. The molecule has 1 heterocycles. The highest BCUT2D eigenvalue weighted by Gasteiger charge is 2.42. The molecule has 1 aliphatic heterocycles. The molecule has 0 amide bonds. The molecule has 0 spiro atoms. The molecule has 0 atom stereocenters. The molecule has 0 bridgehead atoms. The van der Waals surface area contributed by atoms with Crippen LogP contribution in [0.2, 0.25) is 0 Å². The van der Waals surface area contributed by atoms with Crippen molar-refractivity contribution in [3.8, 4) is 0 Å². The van der Waals surface area contributed by atoms with Gasteiger partial charge >= 0.3 is 0 Å². The van der Waals surface area contributed by atoms with Crippen molar-refractivity contribution >= 4 is 0 Å². The zero-order valence-electron chi connectivity index (χ0n) is 14.8. The molecule has 1 saturated carbocycles. The van der Waals surface area contributed by atoms with Crippen molar-refractivity contribution < 1.29 is 0 Å². The lowest BCUT2D eigenvalue weighted by atomic mass is 9.65. The Morgan fingerprint density at radius 3 is 2.05 bits per heavy atom. The Morgan fingerprint density at radius 2 is 1.62 bits per heavy atom. The van der Waals surface area contributed by atoms with Crippen LogP contribution in [0, 0.1) is 11.3 Å². The van der Waals surface area contributed by atoms with Crippen LogP contribution in [0.15, 0.2) is 0 Å². The highest BCUT2D eigenvalue weighted by molar-refractivity contribution is 4.99. The lowest BCUT2D eigenvalue weighted by Gasteiger charge is -2.52. The Hall–Kier alpha value is -0.120. The minimum Gasteiger partial charge on any atom is -0.329 e. The molecule has 0 aromatic carbocycles. The molecule has 124 valence electrons. The van der Waals surface area contributed by atoms with E-state index in [4.69, 9.17) is 5.73 Å². The normalized spacial score (nSPS) is 33.3. The van der Waals surface area contributed by atoms with Crippen LogP contribution in [0.4, 0.5) is 0 Å². The van der Waals surface area contributed by atoms with Gasteiger partial charge in [-0.1, -0.05) is 34.1 Å². The number of rotatable bonds is 5. The third-order valence-corrected chi connectivity index (χ3v) is 6.80. The summed E-state index contributed by atoms with van der Waals surface area (Å²) in [5, 5.41) is 0. The van der Waals surface area contributed by atoms with E-state index in [1.807, 2.05) is 0 Å². The van der Waals surface area contributed by atoms with Crippen molar-refractivity contribution in [2.45, 2.75) is 65.3 Å². The summed E-state index contributed by atoms with van der Waals surface area (Å²) in [6, 6.07) is 0. The number of hydrogen-bond acceptors (Lipinski definition) is 3. The van der Waals surface area contributed by atoms with Gasteiger partial charge in [-0.05, 0) is 43.6 Å². The number of nitrogens with two attached hydrogens (primary N) is 1. The average Bonchev–Trinajstić information content (AvgIpc) is 2.55. The summed E-state index contributed by atoms with van der Waals surface area (Å²) < 4.78 is 0. The Bertz CT molecular complexity index is 310. The van der Waals surface area contributed by atoms with Crippen LogP contribution in [0.25, 0.3) is 0 Å². The van der Waals surface area contributed by atoms with Crippen molar-refractivity contribution in [1.29, 1.82) is 0 Å². The first kappa shape index (κ1) is 17.2. The second kappa shape index (κ2) is 6.97. The molecule has 3 heteroatoms. The van der Waals surface area contributed by atoms with Crippen LogP contribution >= 0.6 is 0 Å². The fraction of sp³-hybridized carbons (Fsp3) is 1.00. The summed E-state index contributed by atoms with van der Waals surface area (Å²) in [7, 11) is 0. The third kappa shape index (κ3) is 3.62. The molecule has 1 saturated heterocycles. The average molecular weight is 296 g/mol. The molecule has 1 aliphatic carbocycles. The molecular formula is C18H37N3. The van der Waals surface area contributed by atoms with Crippen molar-refractivity contribution in [3.05, 3.63) is 0 Å². The predicted molar refractivity (Wildman–Crippen MR) is 91.5 cm³/mol. The molecular weight excluding hydrogens is 258 g/mol. The van der Waals surface area contributed by atoms with Crippen molar-refractivity contribution in [2.24, 2.45) is 17.1 Å². The minimum atomic E-state index is 0.306. The van der Waals surface area contributed by atoms with Crippen molar-refractivity contribution in [2.75, 3.05) is 39.3 Å². The van der Waals surface area contributed by atoms with Crippen LogP contribution in [-0.4, -0.2) is 54.6 Å². The van der Waals surface area contributed by atoms with Gasteiger partial charge in [-0.25, -0.2) is 0 Å². The lowest BCUT2D eigenvalue weighted by molar-refractivity contribution is -0.0108. The van der Waals surface area contributed by atoms with Crippen molar-refractivity contribution in [3.63, 3.8) is 0 Å². The molecule has 0 aromatic heterocycles. The zero-order valence-corrected chi connectivity index (χ0v) is 14.8. The fourth-order valence-electron chi connectivity index (χ4n) is 4.41. The Balaban J connectivity index is 1.95. The monoisotopic (exact) mass is 295 g/mol. The van der Waals surface area contributed by atoms with E-state index in [2.05, 4.69) is 37.5 Å². The van der Waals surface area contributed by atoms with E-state index in [9.17, 15) is 0 Å². The van der Waals surface area contributed by atoms with E-state index in [1.54, 1.807) is 0 Å². The molecule has 0 radical (unpaired) electrons. The highest BCUT2D eigenvalue weighted by Crippen LogP contribution is 2.45. The van der Waals surface area contributed by atoms with Crippen LogP contribution in [-0.2, 0) is 0 Å². The van der Waals surface area contributed by atoms with Crippen LogP contribution in [0.3, 0.4) is 0 Å². The zero-order chi connectivity index (χ0) is 15.5. The van der Waals surface area contributed by atoms with Gasteiger partial charge in [-0.3, -0.25) is 4.90 Å². The third-order valence-electron chi connectivity index (χ3n) is 6.80. The second-order valence-corrected chi connectivity index (χ2v) is 7.97. The first-order valence-corrected chi connectivity index (χ1v) is 9.15. The van der Waals surface area contributed by atoms with E-state index in [-0.39, 0.29) is 0 Å². The van der Waals surface area contributed by atoms with Crippen molar-refractivity contribution in [1.82, 2.24) is 9.80 Å². The largest absolute Gasteiger partial charge is 0.329 e. The van der Waals surface area contributed by atoms with Gasteiger partial charge in [0, 0.05) is 38.3 Å². The molecule has 3 nitrogen and oxygen atoms in total. The first-order valence-electron chi connectivity index (χ1n) is 9.15. The maximum atomic E-state index is 6.27. The van der Waals surface area contributed by atoms with E-state index in [1.165, 1.54) is 64.8 Å². The number of nitrogens with zero attached hydrogens (tertiary/aromatic N) is 2. The lowest BCUT2D eigenvalue weighted by Crippen LogP contribution is -2.61. The van der Waals surface area contributed by atoms with Gasteiger partial charge in [-0.2, -0.15) is 0 Å². The molecule has 2 N–H and O–H groups in total. The summed E-state index contributed by atoms with van der Waals surface area (Å²) in [5.74, 6) is 0.888. The van der Waals surface area contributed by atoms with Crippen LogP contribution in [0.1, 0.15) is 59.8 Å². The minimum absolute atomic E-state index is 0.306. The quantitative estimate of drug-likeness (QED) is 0.846. The second-order valence-electron chi connectivity index (χ2n) is 7.97. The summed E-state index contributed by atoms with van der Waals surface area (Å²) in [6.07, 6.45) is 6.65. The van der Waals surface area contributed by atoms with Gasteiger partial charge in [-0.15, -0.1) is 0 Å². The smallest absolute Gasteiger partial charge is 0.0333 e. The van der Waals surface area contributed by atoms with Gasteiger partial charge < -0.3 is 10.6 Å². The molecule has 21 heavy (non-hydrogen) atoms. The number of likely N-dealkylation sites (N-methyl/N-ethyl adjacent to an activating group) is 1. The maximum absolute atomic E-state index is 6.27. The van der Waals surface area contributed by atoms with E-state index >= 15 is 0 Å². The van der Waals surface area contributed by atoms with Gasteiger partial charge in [0.2, 0.25) is 0 Å². The molecule has 2 aliphatic rings. The molecule has 2 rings (SSSR count). The van der Waals surface area contributed by atoms with Gasteiger partial charge in [0.25, 0.3) is 0 Å². The van der Waals surface area contributed by atoms with Crippen LogP contribution < -0.4 is 5.73 Å². The standard InChI is InChI=1S/C18H37N3/c1-5-17(3,4)16-7-9-18(15-19,10-8-16)21-13-11-20(6-2)12-14-21/h16H,5-15,19H2,1-4H3. The first-order chi connectivity index (χ1) is 9.97. The molecule has 2 fully saturated rings. The Morgan fingerprint density at radius 1 is 1.05 bits per heavy atom. The maximum Gasteiger partial charge on any atom is 0.0333 e. The number of piperazine rings is 1. The summed E-state index contributed by atoms with van der Waals surface area (Å²) in [6.45, 7) is 16.4. The topological polar surface area (TPSA) is 32.5 Å². The van der Waals surface area contributed by atoms with Gasteiger partial charge in [0.1, 0.15) is 0 Å². The fourth-order valence-corrected chi connectivity index (χ4v) is 4.41. The van der Waals surface area contributed by atoms with E-state index in [0.717, 1.165) is 12.5 Å². The summed E-state index contributed by atoms with van der Waals surface area (Å²) in [5.41, 5.74) is 7.08. The van der Waals surface area contributed by atoms with Crippen LogP contribution in [0.5, 0.6) is 0 Å². The summed E-state index contributed by atoms with van der Waals surface area (Å²) >= 11 is 0. The number of hydrogen-bond donors (Lipinski definition) is 1. The van der Waals surface area contributed by atoms with E-state index in [0.29, 0.717) is 11.0 Å². The Labute approximate surface area is 132 Å². The predicted octanol–water partition coefficient (Wildman–Crippen LogP) is 2.95.